The summed E-state index contributed by atoms with van der Waals surface area (Å²) in [5, 5.41) is -1.22. The molecule has 9 heteroatoms. The number of hydrogen-bond acceptors (Lipinski definition) is 4. The average molecular weight is 272 g/mol. The summed E-state index contributed by atoms with van der Waals surface area (Å²) in [6, 6.07) is 0. The van der Waals surface area contributed by atoms with E-state index in [1.165, 1.54) is 0 Å². The van der Waals surface area contributed by atoms with Crippen molar-refractivity contribution in [3.63, 3.8) is 0 Å². The number of aromatic amines is 1. The van der Waals surface area contributed by atoms with Gasteiger partial charge in [0.2, 0.25) is 5.75 Å². The number of rotatable bonds is 3. The Morgan fingerprint density at radius 2 is 2.00 bits per heavy atom. The lowest BCUT2D eigenvalue weighted by atomic mass is 10.2. The van der Waals surface area contributed by atoms with Crippen LogP contribution in [0.2, 0.25) is 0 Å². The first-order valence-corrected chi connectivity index (χ1v) is 4.39. The molecule has 0 saturated heterocycles. The van der Waals surface area contributed by atoms with Crippen LogP contribution < -0.4 is 15.0 Å². The van der Waals surface area contributed by atoms with Gasteiger partial charge in [-0.2, -0.15) is 0 Å². The Morgan fingerprint density at radius 3 is 2.41 bits per heavy atom. The van der Waals surface area contributed by atoms with Gasteiger partial charge in [-0.15, -0.1) is 13.2 Å². The van der Waals surface area contributed by atoms with E-state index in [4.69, 9.17) is 11.6 Å². The first-order valence-electron chi connectivity index (χ1n) is 4.01. The van der Waals surface area contributed by atoms with Gasteiger partial charge in [-0.1, -0.05) is 0 Å². The van der Waals surface area contributed by atoms with Crippen molar-refractivity contribution < 1.29 is 27.4 Å². The van der Waals surface area contributed by atoms with Gasteiger partial charge in [-0.25, -0.2) is 0 Å². The minimum Gasteiger partial charge on any atom is -0.488 e. The van der Waals surface area contributed by atoms with E-state index in [9.17, 15) is 22.8 Å². The monoisotopic (exact) mass is 271 g/mol. The topological polar surface area (TPSA) is 68.4 Å². The Morgan fingerprint density at radius 1 is 1.41 bits per heavy atom. The van der Waals surface area contributed by atoms with Crippen LogP contribution in [0, 0.1) is 0 Å². The molecule has 1 heterocycles. The molecule has 0 amide bonds. The highest BCUT2D eigenvalue weighted by Crippen LogP contribution is 2.33. The molecular formula is C8H5ClF3NO4. The van der Waals surface area contributed by atoms with Crippen molar-refractivity contribution in [1.82, 2.24) is 4.98 Å². The normalized spacial score (nSPS) is 11.1. The maximum Gasteiger partial charge on any atom is 0.573 e. The lowest BCUT2D eigenvalue weighted by Gasteiger charge is -2.13. The summed E-state index contributed by atoms with van der Waals surface area (Å²) < 4.78 is 44.2. The molecule has 17 heavy (non-hydrogen) atoms. The molecule has 0 spiro atoms. The lowest BCUT2D eigenvalue weighted by molar-refractivity contribution is -0.275. The summed E-state index contributed by atoms with van der Waals surface area (Å²) in [4.78, 5) is 24.0. The molecule has 0 aliphatic rings. The zero-order valence-corrected chi connectivity index (χ0v) is 8.98. The molecule has 94 valence electrons. The van der Waals surface area contributed by atoms with Crippen molar-refractivity contribution in [3.05, 3.63) is 22.1 Å². The summed E-state index contributed by atoms with van der Waals surface area (Å²) in [6.45, 7) is 0. The Kier molecular flexibility index (Phi) is 3.66. The molecule has 0 unspecified atom stereocenters. The Balaban J connectivity index is 3.44. The molecule has 0 radical (unpaired) electrons. The van der Waals surface area contributed by atoms with Gasteiger partial charge < -0.3 is 14.5 Å². The first kappa shape index (κ1) is 13.4. The van der Waals surface area contributed by atoms with Crippen LogP contribution >= 0.6 is 11.6 Å². The number of methoxy groups -OCH3 is 1. The van der Waals surface area contributed by atoms with Crippen molar-refractivity contribution in [1.29, 1.82) is 0 Å². The van der Waals surface area contributed by atoms with E-state index in [0.717, 1.165) is 7.11 Å². The Bertz CT molecular complexity index is 497. The molecular weight excluding hydrogens is 267 g/mol. The van der Waals surface area contributed by atoms with E-state index < -0.39 is 34.2 Å². The molecule has 0 aliphatic carbocycles. The number of nitrogens with one attached hydrogen (secondary N) is 1. The second-order valence-corrected chi connectivity index (χ2v) is 3.06. The number of aromatic nitrogens is 1. The van der Waals surface area contributed by atoms with Crippen molar-refractivity contribution in [2.24, 2.45) is 0 Å². The zero-order chi connectivity index (χ0) is 13.2. The van der Waals surface area contributed by atoms with Crippen LogP contribution in [0.25, 0.3) is 0 Å². The van der Waals surface area contributed by atoms with Crippen molar-refractivity contribution >= 4 is 16.8 Å². The van der Waals surface area contributed by atoms with Gasteiger partial charge in [0.15, 0.2) is 5.75 Å². The second-order valence-electron chi connectivity index (χ2n) is 2.72. The molecule has 0 fully saturated rings. The highest BCUT2D eigenvalue weighted by atomic mass is 35.5. The van der Waals surface area contributed by atoms with Crippen LogP contribution in [0.1, 0.15) is 10.4 Å². The van der Waals surface area contributed by atoms with Crippen LogP contribution in [0.15, 0.2) is 11.0 Å². The summed E-state index contributed by atoms with van der Waals surface area (Å²) in [6.07, 6.45) is -4.37. The minimum absolute atomic E-state index is 0.652. The van der Waals surface area contributed by atoms with E-state index in [2.05, 4.69) is 9.47 Å². The third-order valence-electron chi connectivity index (χ3n) is 1.64. The number of carbonyl (C=O) groups is 1. The molecule has 1 N–H and O–H groups in total. The summed E-state index contributed by atoms with van der Waals surface area (Å²) in [5.74, 6) is -1.85. The van der Waals surface area contributed by atoms with Crippen LogP contribution in [-0.4, -0.2) is 23.7 Å². The molecule has 0 saturated carbocycles. The number of alkyl halides is 3. The van der Waals surface area contributed by atoms with Gasteiger partial charge in [0.1, 0.15) is 0 Å². The summed E-state index contributed by atoms with van der Waals surface area (Å²) >= 11 is 5.05. The number of ether oxygens (including phenoxy) is 2. The number of pyridine rings is 1. The SMILES string of the molecule is COc1c(OC(F)(F)F)c(C(=O)Cl)c[nH]c1=O. The average Bonchev–Trinajstić information content (AvgIpc) is 2.15. The second kappa shape index (κ2) is 4.66. The van der Waals surface area contributed by atoms with E-state index in [1.54, 1.807) is 0 Å². The van der Waals surface area contributed by atoms with E-state index >= 15 is 0 Å². The highest BCUT2D eigenvalue weighted by molar-refractivity contribution is 6.68. The fourth-order valence-corrected chi connectivity index (χ4v) is 1.18. The Labute approximate surface area is 97.1 Å². The van der Waals surface area contributed by atoms with Crippen LogP contribution in [-0.2, 0) is 0 Å². The summed E-state index contributed by atoms with van der Waals surface area (Å²) in [5.41, 5.74) is -1.63. The predicted molar refractivity (Wildman–Crippen MR) is 50.5 cm³/mol. The number of halogens is 4. The van der Waals surface area contributed by atoms with Crippen LogP contribution in [0.4, 0.5) is 13.2 Å². The largest absolute Gasteiger partial charge is 0.573 e. The molecule has 5 nitrogen and oxygen atoms in total. The van der Waals surface area contributed by atoms with E-state index in [0.29, 0.717) is 6.20 Å². The molecule has 0 aromatic carbocycles. The van der Waals surface area contributed by atoms with Gasteiger partial charge in [0.25, 0.3) is 10.8 Å². The van der Waals surface area contributed by atoms with Gasteiger partial charge in [0.05, 0.1) is 12.7 Å². The molecule has 0 aliphatic heterocycles. The van der Waals surface area contributed by atoms with Crippen molar-refractivity contribution in [2.75, 3.05) is 7.11 Å². The van der Waals surface area contributed by atoms with Gasteiger partial charge in [-0.3, -0.25) is 9.59 Å². The zero-order valence-electron chi connectivity index (χ0n) is 8.22. The molecule has 1 aromatic rings. The van der Waals surface area contributed by atoms with Gasteiger partial charge in [0, 0.05) is 6.20 Å². The van der Waals surface area contributed by atoms with Crippen molar-refractivity contribution in [2.45, 2.75) is 6.36 Å². The number of H-pyrrole nitrogens is 1. The van der Waals surface area contributed by atoms with Crippen LogP contribution in [0.5, 0.6) is 11.5 Å². The predicted octanol–water partition coefficient (Wildman–Crippen LogP) is 1.66. The minimum atomic E-state index is -5.08. The lowest BCUT2D eigenvalue weighted by Crippen LogP contribution is -2.22. The molecule has 0 atom stereocenters. The smallest absolute Gasteiger partial charge is 0.488 e. The molecule has 1 rings (SSSR count). The van der Waals surface area contributed by atoms with E-state index in [-0.39, 0.29) is 0 Å². The fourth-order valence-electron chi connectivity index (χ4n) is 1.04. The maximum absolute atomic E-state index is 12.1. The standard InChI is InChI=1S/C8H5ClF3NO4/c1-16-5-4(17-8(10,11)12)3(6(9)14)2-13-7(5)15/h2H,1H3,(H,13,15). The molecule has 0 bridgehead atoms. The van der Waals surface area contributed by atoms with Gasteiger partial charge in [-0.05, 0) is 11.6 Å². The molecule has 1 aromatic heterocycles. The Hall–Kier alpha value is -1.70. The summed E-state index contributed by atoms with van der Waals surface area (Å²) in [7, 11) is 0.955. The highest BCUT2D eigenvalue weighted by Gasteiger charge is 2.35. The fraction of sp³-hybridized carbons (Fsp3) is 0.250. The van der Waals surface area contributed by atoms with Crippen molar-refractivity contribution in [3.8, 4) is 11.5 Å². The number of hydrogen-bond donors (Lipinski definition) is 1. The van der Waals surface area contributed by atoms with E-state index in [1.807, 2.05) is 4.98 Å². The maximum atomic E-state index is 12.1. The first-order chi connectivity index (χ1) is 7.76. The van der Waals surface area contributed by atoms with Gasteiger partial charge >= 0.3 is 6.36 Å². The van der Waals surface area contributed by atoms with Crippen LogP contribution in [0.3, 0.4) is 0 Å². The quantitative estimate of drug-likeness (QED) is 0.849. The number of carbonyl (C=O) groups excluding carboxylic acids is 1. The third kappa shape index (κ3) is 3.13. The third-order valence-corrected chi connectivity index (χ3v) is 1.84.